The quantitative estimate of drug-likeness (QED) is 0.340. The summed E-state index contributed by atoms with van der Waals surface area (Å²) in [6.07, 6.45) is 2.18. The number of hydrogen-bond donors (Lipinski definition) is 1. The van der Waals surface area contributed by atoms with Gasteiger partial charge in [0.2, 0.25) is 0 Å². The number of hydrogen-bond acceptors (Lipinski definition) is 9. The first-order chi connectivity index (χ1) is 18.2. The smallest absolute Gasteiger partial charge is 0.339 e. The lowest BCUT2D eigenvalue weighted by Gasteiger charge is -2.71. The normalized spacial score (nSPS) is 49.3. The Morgan fingerprint density at radius 1 is 0.974 bits per heavy atom. The van der Waals surface area contributed by atoms with E-state index in [0.717, 1.165) is 5.56 Å². The number of rotatable bonds is 3. The molecule has 1 aromatic rings. The van der Waals surface area contributed by atoms with Gasteiger partial charge >= 0.3 is 17.9 Å². The minimum Gasteiger partial charge on any atom is -0.472 e. The summed E-state index contributed by atoms with van der Waals surface area (Å²) in [5.74, 6) is -1.47. The van der Waals surface area contributed by atoms with Crippen LogP contribution in [0, 0.1) is 33.5 Å². The van der Waals surface area contributed by atoms with E-state index >= 15 is 0 Å². The maximum absolute atomic E-state index is 13.3. The molecule has 11 atom stereocenters. The number of ether oxygens (including phenoxy) is 4. The Balaban J connectivity index is 1.49. The van der Waals surface area contributed by atoms with Gasteiger partial charge in [-0.2, -0.15) is 0 Å². The van der Waals surface area contributed by atoms with Gasteiger partial charge in [0.1, 0.15) is 23.9 Å². The molecule has 9 heteroatoms. The summed E-state index contributed by atoms with van der Waals surface area (Å²) in [5.41, 5.74) is -2.68. The van der Waals surface area contributed by atoms with Crippen LogP contribution < -0.4 is 0 Å². The van der Waals surface area contributed by atoms with Gasteiger partial charge in [0, 0.05) is 47.5 Å². The molecule has 1 aromatic heterocycles. The van der Waals surface area contributed by atoms with E-state index < -0.39 is 69.7 Å². The van der Waals surface area contributed by atoms with Crippen molar-refractivity contribution in [3.05, 3.63) is 24.2 Å². The predicted octanol–water partition coefficient (Wildman–Crippen LogP) is 4.12. The van der Waals surface area contributed by atoms with Crippen molar-refractivity contribution in [3.8, 4) is 0 Å². The Morgan fingerprint density at radius 2 is 1.64 bits per heavy atom. The molecule has 2 unspecified atom stereocenters. The highest BCUT2D eigenvalue weighted by Gasteiger charge is 2.88. The summed E-state index contributed by atoms with van der Waals surface area (Å²) < 4.78 is 29.7. The van der Waals surface area contributed by atoms with Crippen molar-refractivity contribution in [2.24, 2.45) is 33.5 Å². The molecule has 3 aliphatic carbocycles. The van der Waals surface area contributed by atoms with Gasteiger partial charge in [0.15, 0.2) is 6.10 Å². The average molecular weight is 545 g/mol. The molecule has 3 saturated carbocycles. The van der Waals surface area contributed by atoms with Gasteiger partial charge < -0.3 is 28.5 Å². The highest BCUT2D eigenvalue weighted by Crippen LogP contribution is 2.80. The molecule has 5 fully saturated rings. The highest BCUT2D eigenvalue weighted by atomic mass is 16.7. The first kappa shape index (κ1) is 26.8. The van der Waals surface area contributed by atoms with E-state index in [2.05, 4.69) is 34.6 Å². The number of carbonyl (C=O) groups excluding carboxylic acids is 3. The lowest BCUT2D eigenvalue weighted by Crippen LogP contribution is -2.75. The first-order valence-corrected chi connectivity index (χ1v) is 14.1. The maximum Gasteiger partial charge on any atom is 0.339 e. The van der Waals surface area contributed by atoms with E-state index in [1.807, 2.05) is 6.07 Å². The van der Waals surface area contributed by atoms with Gasteiger partial charge in [0.25, 0.3) is 0 Å². The molecule has 39 heavy (non-hydrogen) atoms. The van der Waals surface area contributed by atoms with Crippen LogP contribution in [0.3, 0.4) is 0 Å². The van der Waals surface area contributed by atoms with Crippen LogP contribution in [0.15, 0.2) is 23.0 Å². The lowest BCUT2D eigenvalue weighted by atomic mass is 9.34. The molecule has 0 bridgehead atoms. The number of fused-ring (bicyclic) bond motifs is 3. The molecule has 0 radical (unpaired) electrons. The van der Waals surface area contributed by atoms with Gasteiger partial charge in [-0.15, -0.1) is 0 Å². The molecular weight excluding hydrogens is 504 g/mol. The number of epoxide rings is 1. The van der Waals surface area contributed by atoms with E-state index in [1.165, 1.54) is 13.8 Å². The molecular formula is C30H40O9. The SMILES string of the molecule is CC(=O)O[C@H]1C[C@@H](OC(C)=O)C(C)(C)C2C[C@@H](O)[C@]3(C)C(CC[C@@]4(C)[C@H](c5ccoc5)OC(=O)[C@H]5O[C@]543)[C@]21C. The van der Waals surface area contributed by atoms with E-state index in [4.69, 9.17) is 23.4 Å². The Labute approximate surface area is 228 Å². The van der Waals surface area contributed by atoms with E-state index in [9.17, 15) is 19.5 Å². The molecule has 1 N–H and O–H groups in total. The number of carbonyl (C=O) groups is 3. The topological polar surface area (TPSA) is 125 Å². The minimum atomic E-state index is -0.953. The lowest BCUT2D eigenvalue weighted by molar-refractivity contribution is -0.296. The van der Waals surface area contributed by atoms with Crippen LogP contribution >= 0.6 is 0 Å². The average Bonchev–Trinajstić information content (AvgIpc) is 3.41. The van der Waals surface area contributed by atoms with Crippen molar-refractivity contribution >= 4 is 17.9 Å². The third-order valence-corrected chi connectivity index (χ3v) is 11.9. The molecule has 9 nitrogen and oxygen atoms in total. The van der Waals surface area contributed by atoms with Gasteiger partial charge in [0.05, 0.1) is 18.6 Å². The van der Waals surface area contributed by atoms with Crippen LogP contribution in [-0.4, -0.2) is 53.0 Å². The number of cyclic esters (lactones) is 1. The van der Waals surface area contributed by atoms with Crippen molar-refractivity contribution in [2.45, 2.75) is 110 Å². The van der Waals surface area contributed by atoms with Crippen molar-refractivity contribution in [3.63, 3.8) is 0 Å². The fourth-order valence-electron chi connectivity index (χ4n) is 10.2. The molecule has 2 aliphatic heterocycles. The van der Waals surface area contributed by atoms with E-state index in [0.29, 0.717) is 25.7 Å². The molecule has 0 amide bonds. The molecule has 0 aromatic carbocycles. The second-order valence-corrected chi connectivity index (χ2v) is 13.8. The first-order valence-electron chi connectivity index (χ1n) is 14.1. The zero-order chi connectivity index (χ0) is 28.3. The van der Waals surface area contributed by atoms with Gasteiger partial charge in [-0.3, -0.25) is 9.59 Å². The third-order valence-electron chi connectivity index (χ3n) is 11.9. The standard InChI is InChI=1S/C30H40O9/c1-15(31)36-21-13-22(37-16(2)32)28(6)18-8-10-27(5)23(17-9-11-35-14-17)38-25(34)24-30(27,39-24)29(18,7)20(33)12-19(28)26(21,3)4/h9,11,14,18-24,33H,8,10,12-13H2,1-7H3/t18?,19?,20-,21-,22+,23+,24-,27+,28-,29+,30-/m1/s1. The van der Waals surface area contributed by atoms with Crippen molar-refractivity contribution in [2.75, 3.05) is 0 Å². The van der Waals surface area contributed by atoms with Crippen LogP contribution in [0.4, 0.5) is 0 Å². The molecule has 2 saturated heterocycles. The summed E-state index contributed by atoms with van der Waals surface area (Å²) >= 11 is 0. The second kappa shape index (κ2) is 8.09. The Hall–Kier alpha value is -2.39. The Morgan fingerprint density at radius 3 is 2.26 bits per heavy atom. The second-order valence-electron chi connectivity index (χ2n) is 13.8. The van der Waals surface area contributed by atoms with Crippen LogP contribution in [-0.2, 0) is 33.3 Å². The number of furan rings is 1. The molecule has 1 spiro atoms. The molecule has 6 rings (SSSR count). The zero-order valence-electron chi connectivity index (χ0n) is 23.8. The number of aliphatic hydroxyl groups is 1. The van der Waals surface area contributed by atoms with E-state index in [1.54, 1.807) is 12.5 Å². The maximum atomic E-state index is 13.3. The predicted molar refractivity (Wildman–Crippen MR) is 136 cm³/mol. The van der Waals surface area contributed by atoms with Gasteiger partial charge in [-0.05, 0) is 37.2 Å². The fraction of sp³-hybridized carbons (Fsp3) is 0.767. The third kappa shape index (κ3) is 3.12. The zero-order valence-corrected chi connectivity index (χ0v) is 23.8. The summed E-state index contributed by atoms with van der Waals surface area (Å²) in [6, 6.07) is 1.82. The van der Waals surface area contributed by atoms with Gasteiger partial charge in [-0.1, -0.05) is 34.6 Å². The van der Waals surface area contributed by atoms with Crippen LogP contribution in [0.2, 0.25) is 0 Å². The molecule has 5 aliphatic rings. The van der Waals surface area contributed by atoms with Crippen molar-refractivity contribution in [1.82, 2.24) is 0 Å². The van der Waals surface area contributed by atoms with Crippen molar-refractivity contribution in [1.29, 1.82) is 0 Å². The Kier molecular flexibility index (Phi) is 5.56. The molecule has 214 valence electrons. The van der Waals surface area contributed by atoms with E-state index in [-0.39, 0.29) is 17.8 Å². The number of aliphatic hydroxyl groups excluding tert-OH is 1. The fourth-order valence-corrected chi connectivity index (χ4v) is 10.2. The van der Waals surface area contributed by atoms with Crippen LogP contribution in [0.25, 0.3) is 0 Å². The Bertz CT molecular complexity index is 1210. The highest BCUT2D eigenvalue weighted by molar-refractivity contribution is 5.82. The summed E-state index contributed by atoms with van der Waals surface area (Å²) in [6.45, 7) is 13.3. The summed E-state index contributed by atoms with van der Waals surface area (Å²) in [4.78, 5) is 37.8. The summed E-state index contributed by atoms with van der Waals surface area (Å²) in [7, 11) is 0. The van der Waals surface area contributed by atoms with Crippen molar-refractivity contribution < 1.29 is 42.9 Å². The van der Waals surface area contributed by atoms with Gasteiger partial charge in [-0.25, -0.2) is 4.79 Å². The van der Waals surface area contributed by atoms with Crippen LogP contribution in [0.5, 0.6) is 0 Å². The largest absolute Gasteiger partial charge is 0.472 e. The number of esters is 3. The van der Waals surface area contributed by atoms with Crippen LogP contribution in [0.1, 0.15) is 85.8 Å². The minimum absolute atomic E-state index is 0.126. The molecule has 3 heterocycles. The summed E-state index contributed by atoms with van der Waals surface area (Å²) in [5, 5.41) is 12.2. The monoisotopic (exact) mass is 544 g/mol.